The standard InChI is InChI=1S/C45H31N5O.Pt/c1-28-24-29(2)41(30(3)25-28)37-20-22-49(47-37)32-14-11-15-33(26-32)51-40-27-36-42(34-16-7-9-18-38(34)48-23-21-46-45(36)48)43-35-17-8-10-19-39(35)50(44(40)43)31-12-5-4-6-13-31;/h4-25H,1-3H3;/q-2;+2. The van der Waals surface area contributed by atoms with E-state index in [2.05, 4.69) is 133 Å². The molecule has 0 radical (unpaired) electrons. The predicted octanol–water partition coefficient (Wildman–Crippen LogP) is 10.9. The van der Waals surface area contributed by atoms with Crippen molar-refractivity contribution in [2.45, 2.75) is 20.8 Å². The van der Waals surface area contributed by atoms with Crippen LogP contribution in [0.15, 0.2) is 134 Å². The Bertz CT molecular complexity index is 2970. The molecule has 0 N–H and O–H groups in total. The Morgan fingerprint density at radius 2 is 1.38 bits per heavy atom. The van der Waals surface area contributed by atoms with Gasteiger partial charge in [-0.05, 0) is 78.7 Å². The first kappa shape index (κ1) is 32.0. The monoisotopic (exact) mass is 852 g/mol. The summed E-state index contributed by atoms with van der Waals surface area (Å²) >= 11 is 0. The van der Waals surface area contributed by atoms with E-state index < -0.39 is 0 Å². The molecule has 0 atom stereocenters. The Hall–Kier alpha value is -5.97. The Balaban J connectivity index is 0.00000360. The van der Waals surface area contributed by atoms with Gasteiger partial charge in [0.25, 0.3) is 0 Å². The van der Waals surface area contributed by atoms with Gasteiger partial charge in [-0.15, -0.1) is 18.2 Å². The molecule has 0 aliphatic rings. The number of aryl methyl sites for hydroxylation is 3. The fourth-order valence-corrected chi connectivity index (χ4v) is 7.92. The van der Waals surface area contributed by atoms with Gasteiger partial charge in [0.05, 0.1) is 17.1 Å². The van der Waals surface area contributed by atoms with E-state index >= 15 is 0 Å². The summed E-state index contributed by atoms with van der Waals surface area (Å²) in [7, 11) is 0. The number of fused-ring (bicyclic) bond motifs is 10. The van der Waals surface area contributed by atoms with Crippen LogP contribution in [0.1, 0.15) is 16.7 Å². The maximum absolute atomic E-state index is 6.92. The molecule has 0 fully saturated rings. The molecule has 52 heavy (non-hydrogen) atoms. The van der Waals surface area contributed by atoms with Gasteiger partial charge in [-0.2, -0.15) is 11.2 Å². The number of nitrogens with zero attached hydrogens (tertiary/aromatic N) is 5. The molecule has 0 aliphatic heterocycles. The van der Waals surface area contributed by atoms with Gasteiger partial charge in [-0.25, -0.2) is 0 Å². The van der Waals surface area contributed by atoms with Crippen molar-refractivity contribution in [3.63, 3.8) is 0 Å². The van der Waals surface area contributed by atoms with Crippen LogP contribution >= 0.6 is 0 Å². The zero-order valence-electron chi connectivity index (χ0n) is 28.7. The van der Waals surface area contributed by atoms with Gasteiger partial charge in [0.15, 0.2) is 0 Å². The first-order valence-corrected chi connectivity index (χ1v) is 17.1. The third-order valence-electron chi connectivity index (χ3n) is 9.87. The van der Waals surface area contributed by atoms with Gasteiger partial charge in [-0.3, -0.25) is 9.67 Å². The zero-order valence-corrected chi connectivity index (χ0v) is 30.9. The molecule has 4 aromatic heterocycles. The minimum absolute atomic E-state index is 0. The Morgan fingerprint density at radius 1 is 0.673 bits per heavy atom. The number of hydrogen-bond acceptors (Lipinski definition) is 3. The SMILES string of the molecule is Cc1cc(C)c(-c2ccn(-c3[c-]c(Oc4[c-]c5c(c6ccccc6n6ccnc56)c5c6ccccc6n(-c6ccccc6)c45)ccc3)n2)c(C)c1.[Pt+2]. The van der Waals surface area contributed by atoms with Crippen molar-refractivity contribution in [1.82, 2.24) is 23.7 Å². The second-order valence-corrected chi connectivity index (χ2v) is 13.2. The van der Waals surface area contributed by atoms with Crippen molar-refractivity contribution in [2.75, 3.05) is 0 Å². The quantitative estimate of drug-likeness (QED) is 0.128. The topological polar surface area (TPSA) is 49.3 Å². The number of rotatable bonds is 5. The van der Waals surface area contributed by atoms with Gasteiger partial charge >= 0.3 is 21.1 Å². The molecule has 6 nitrogen and oxygen atoms in total. The second-order valence-electron chi connectivity index (χ2n) is 13.2. The molecule has 0 saturated heterocycles. The van der Waals surface area contributed by atoms with E-state index in [9.17, 15) is 0 Å². The van der Waals surface area contributed by atoms with Crippen LogP contribution in [-0.4, -0.2) is 23.7 Å². The van der Waals surface area contributed by atoms with Crippen molar-refractivity contribution in [3.05, 3.63) is 163 Å². The number of imidazole rings is 1. The van der Waals surface area contributed by atoms with Gasteiger partial charge in [-0.1, -0.05) is 94.5 Å². The number of hydrogen-bond donors (Lipinski definition) is 0. The molecular weight excluding hydrogens is 822 g/mol. The summed E-state index contributed by atoms with van der Waals surface area (Å²) in [6.45, 7) is 6.41. The first-order chi connectivity index (χ1) is 25.0. The zero-order chi connectivity index (χ0) is 34.2. The molecular formula is C45H31N5OPt. The smallest absolute Gasteiger partial charge is 0.501 e. The van der Waals surface area contributed by atoms with Crippen LogP contribution in [0.3, 0.4) is 0 Å². The number of aromatic nitrogens is 5. The van der Waals surface area contributed by atoms with Crippen molar-refractivity contribution < 1.29 is 25.8 Å². The van der Waals surface area contributed by atoms with E-state index in [0.29, 0.717) is 11.5 Å². The second kappa shape index (κ2) is 12.4. The van der Waals surface area contributed by atoms with E-state index in [-0.39, 0.29) is 21.1 Å². The fraction of sp³-hybridized carbons (Fsp3) is 0.0667. The van der Waals surface area contributed by atoms with Gasteiger partial charge in [0, 0.05) is 52.1 Å². The fourth-order valence-electron chi connectivity index (χ4n) is 7.92. The Labute approximate surface area is 314 Å². The van der Waals surface area contributed by atoms with Crippen LogP contribution in [0.25, 0.3) is 71.8 Å². The van der Waals surface area contributed by atoms with Crippen LogP contribution in [0.4, 0.5) is 0 Å². The maximum atomic E-state index is 6.92. The number of benzene rings is 6. The molecule has 252 valence electrons. The summed E-state index contributed by atoms with van der Waals surface area (Å²) in [6, 6.07) is 47.2. The van der Waals surface area contributed by atoms with E-state index in [1.54, 1.807) is 0 Å². The molecule has 10 aromatic rings. The molecule has 7 heteroatoms. The van der Waals surface area contributed by atoms with Crippen LogP contribution in [-0.2, 0) is 21.1 Å². The molecule has 0 spiro atoms. The summed E-state index contributed by atoms with van der Waals surface area (Å²) in [6.07, 6.45) is 5.85. The summed E-state index contributed by atoms with van der Waals surface area (Å²) < 4.78 is 13.2. The maximum Gasteiger partial charge on any atom is 2.00 e. The third kappa shape index (κ3) is 4.90. The van der Waals surface area contributed by atoms with E-state index in [0.717, 1.165) is 71.8 Å². The van der Waals surface area contributed by atoms with Gasteiger partial charge in [0.2, 0.25) is 0 Å². The molecule has 0 aliphatic carbocycles. The van der Waals surface area contributed by atoms with Gasteiger partial charge in [0.1, 0.15) is 0 Å². The number of pyridine rings is 1. The Morgan fingerprint density at radius 3 is 2.17 bits per heavy atom. The van der Waals surface area contributed by atoms with Crippen molar-refractivity contribution in [2.24, 2.45) is 0 Å². The summed E-state index contributed by atoms with van der Waals surface area (Å²) in [5.74, 6) is 1.16. The average Bonchev–Trinajstić information content (AvgIpc) is 3.91. The molecule has 0 saturated carbocycles. The van der Waals surface area contributed by atoms with Crippen LogP contribution in [0, 0.1) is 32.9 Å². The van der Waals surface area contributed by atoms with Gasteiger partial charge < -0.3 is 13.7 Å². The summed E-state index contributed by atoms with van der Waals surface area (Å²) in [4.78, 5) is 4.85. The molecule has 4 heterocycles. The van der Waals surface area contributed by atoms with Crippen LogP contribution in [0.5, 0.6) is 11.5 Å². The van der Waals surface area contributed by atoms with Crippen molar-refractivity contribution in [1.29, 1.82) is 0 Å². The van der Waals surface area contributed by atoms with Crippen LogP contribution in [0.2, 0.25) is 0 Å². The van der Waals surface area contributed by atoms with E-state index in [1.165, 1.54) is 16.7 Å². The predicted molar refractivity (Wildman–Crippen MR) is 205 cm³/mol. The molecule has 0 amide bonds. The summed E-state index contributed by atoms with van der Waals surface area (Å²) in [5.41, 5.74) is 11.5. The third-order valence-corrected chi connectivity index (χ3v) is 9.87. The normalized spacial score (nSPS) is 11.6. The number of ether oxygens (including phenoxy) is 1. The minimum atomic E-state index is 0. The molecule has 0 bridgehead atoms. The Kier molecular flexibility index (Phi) is 7.60. The first-order valence-electron chi connectivity index (χ1n) is 17.1. The number of para-hydroxylation sites is 3. The van der Waals surface area contributed by atoms with Crippen molar-refractivity contribution >= 4 is 49.1 Å². The van der Waals surface area contributed by atoms with E-state index in [1.807, 2.05) is 47.5 Å². The molecule has 6 aromatic carbocycles. The molecule has 10 rings (SSSR count). The summed E-state index contributed by atoms with van der Waals surface area (Å²) in [5, 5.41) is 10.3. The minimum Gasteiger partial charge on any atom is -0.501 e. The van der Waals surface area contributed by atoms with Crippen molar-refractivity contribution in [3.8, 4) is 34.1 Å². The molecule has 0 unspecified atom stereocenters. The van der Waals surface area contributed by atoms with Crippen LogP contribution < -0.4 is 4.74 Å². The van der Waals surface area contributed by atoms with E-state index in [4.69, 9.17) is 14.8 Å². The largest absolute Gasteiger partial charge is 2.00 e. The average molecular weight is 853 g/mol.